The number of hydrogen-bond acceptors (Lipinski definition) is 3. The summed E-state index contributed by atoms with van der Waals surface area (Å²) >= 11 is 0. The number of rotatable bonds is 6. The summed E-state index contributed by atoms with van der Waals surface area (Å²) in [6.07, 6.45) is -0.575. The molecule has 25 heavy (non-hydrogen) atoms. The highest BCUT2D eigenvalue weighted by atomic mass is 19.4. The van der Waals surface area contributed by atoms with Gasteiger partial charge in [0.1, 0.15) is 11.3 Å². The van der Waals surface area contributed by atoms with Gasteiger partial charge in [-0.2, -0.15) is 13.2 Å². The van der Waals surface area contributed by atoms with Crippen LogP contribution in [-0.4, -0.2) is 22.8 Å². The second kappa shape index (κ2) is 7.42. The van der Waals surface area contributed by atoms with Crippen LogP contribution in [0.4, 0.5) is 13.2 Å². The Labute approximate surface area is 144 Å². The Kier molecular flexibility index (Phi) is 5.70. The summed E-state index contributed by atoms with van der Waals surface area (Å²) in [6.45, 7) is 4.07. The molecule has 0 heterocycles. The minimum Gasteiger partial charge on any atom is -0.506 e. The topological polar surface area (TPSA) is 54.4 Å². The highest BCUT2D eigenvalue weighted by molar-refractivity contribution is 6.52. The summed E-state index contributed by atoms with van der Waals surface area (Å²) in [7, 11) is 0. The van der Waals surface area contributed by atoms with Gasteiger partial charge >= 0.3 is 6.18 Å². The first-order chi connectivity index (χ1) is 11.7. The standard InChI is InChI=1S/C19H21F3O3/c1-3-4-5-7-11(2)10-12-8-6-9-13-14(12)17(24)15(19(20,21)22)18(25)16(13)23/h6,8-9,11,24H,3-5,7,10H2,1-2H3. The summed E-state index contributed by atoms with van der Waals surface area (Å²) in [5.74, 6) is -3.87. The smallest absolute Gasteiger partial charge is 0.423 e. The summed E-state index contributed by atoms with van der Waals surface area (Å²) in [5.41, 5.74) is -1.62. The molecular formula is C19H21F3O3. The van der Waals surface area contributed by atoms with E-state index < -0.39 is 29.1 Å². The number of halogens is 3. The van der Waals surface area contributed by atoms with Crippen LogP contribution in [0.25, 0.3) is 5.76 Å². The van der Waals surface area contributed by atoms with Crippen molar-refractivity contribution in [2.24, 2.45) is 5.92 Å². The Balaban J connectivity index is 2.45. The van der Waals surface area contributed by atoms with Crippen LogP contribution in [0.2, 0.25) is 0 Å². The van der Waals surface area contributed by atoms with Crippen molar-refractivity contribution >= 4 is 17.3 Å². The predicted molar refractivity (Wildman–Crippen MR) is 88.4 cm³/mol. The van der Waals surface area contributed by atoms with Gasteiger partial charge < -0.3 is 5.11 Å². The maximum atomic E-state index is 13.1. The van der Waals surface area contributed by atoms with Gasteiger partial charge in [0.2, 0.25) is 11.6 Å². The number of fused-ring (bicyclic) bond motifs is 1. The van der Waals surface area contributed by atoms with Crippen LogP contribution in [0.3, 0.4) is 0 Å². The van der Waals surface area contributed by atoms with Gasteiger partial charge in [0.15, 0.2) is 0 Å². The first-order valence-corrected chi connectivity index (χ1v) is 8.40. The van der Waals surface area contributed by atoms with E-state index in [1.807, 2.05) is 6.92 Å². The molecule has 0 fully saturated rings. The molecule has 0 aromatic heterocycles. The second-order valence-electron chi connectivity index (χ2n) is 6.52. The molecule has 1 aliphatic carbocycles. The molecule has 0 saturated heterocycles. The average molecular weight is 354 g/mol. The summed E-state index contributed by atoms with van der Waals surface area (Å²) in [5, 5.41) is 10.1. The molecule has 1 aromatic rings. The Bertz CT molecular complexity index is 717. The zero-order valence-corrected chi connectivity index (χ0v) is 14.2. The second-order valence-corrected chi connectivity index (χ2v) is 6.52. The fourth-order valence-corrected chi connectivity index (χ4v) is 3.19. The molecule has 2 rings (SSSR count). The number of hydrogen-bond donors (Lipinski definition) is 1. The molecule has 0 saturated carbocycles. The molecule has 136 valence electrons. The van der Waals surface area contributed by atoms with Crippen molar-refractivity contribution < 1.29 is 27.9 Å². The molecule has 0 amide bonds. The van der Waals surface area contributed by atoms with E-state index in [0.717, 1.165) is 25.7 Å². The number of carbonyl (C=O) groups is 2. The average Bonchev–Trinajstić information content (AvgIpc) is 2.51. The number of Topliss-reactive ketones (excluding diaryl/α,β-unsaturated/α-hetero) is 2. The molecule has 1 aromatic carbocycles. The van der Waals surface area contributed by atoms with Gasteiger partial charge in [-0.05, 0) is 17.9 Å². The van der Waals surface area contributed by atoms with Crippen LogP contribution >= 0.6 is 0 Å². The fourth-order valence-electron chi connectivity index (χ4n) is 3.19. The molecule has 0 aliphatic heterocycles. The van der Waals surface area contributed by atoms with Crippen molar-refractivity contribution in [1.29, 1.82) is 0 Å². The fraction of sp³-hybridized carbons (Fsp3) is 0.474. The molecule has 1 aliphatic rings. The number of carbonyl (C=O) groups excluding carboxylic acids is 2. The first kappa shape index (κ1) is 19.2. The van der Waals surface area contributed by atoms with E-state index in [1.165, 1.54) is 12.1 Å². The molecule has 3 nitrogen and oxygen atoms in total. The number of unbranched alkanes of at least 4 members (excludes halogenated alkanes) is 2. The highest BCUT2D eigenvalue weighted by Crippen LogP contribution is 2.39. The quantitative estimate of drug-likeness (QED) is 0.575. The van der Waals surface area contributed by atoms with Crippen molar-refractivity contribution in [1.82, 2.24) is 0 Å². The lowest BCUT2D eigenvalue weighted by atomic mass is 9.83. The SMILES string of the molecule is CCCCCC(C)Cc1cccc2c1C(O)=C(C(F)(F)F)C(=O)C2=O. The van der Waals surface area contributed by atoms with E-state index >= 15 is 0 Å². The van der Waals surface area contributed by atoms with Gasteiger partial charge in [0, 0.05) is 11.1 Å². The van der Waals surface area contributed by atoms with Gasteiger partial charge in [0.25, 0.3) is 0 Å². The number of allylic oxidation sites excluding steroid dienone is 1. The van der Waals surface area contributed by atoms with E-state index in [2.05, 4.69) is 6.92 Å². The Morgan fingerprint density at radius 1 is 1.12 bits per heavy atom. The van der Waals surface area contributed by atoms with Gasteiger partial charge in [-0.1, -0.05) is 57.7 Å². The third-order valence-electron chi connectivity index (χ3n) is 4.45. The van der Waals surface area contributed by atoms with Crippen LogP contribution in [-0.2, 0) is 11.2 Å². The van der Waals surface area contributed by atoms with E-state index in [-0.39, 0.29) is 17.0 Å². The summed E-state index contributed by atoms with van der Waals surface area (Å²) < 4.78 is 39.4. The zero-order chi connectivity index (χ0) is 18.8. The number of benzene rings is 1. The molecule has 0 radical (unpaired) electrons. The van der Waals surface area contributed by atoms with E-state index in [9.17, 15) is 27.9 Å². The zero-order valence-electron chi connectivity index (χ0n) is 14.2. The van der Waals surface area contributed by atoms with E-state index in [0.29, 0.717) is 12.0 Å². The minimum atomic E-state index is -5.08. The molecule has 1 N–H and O–H groups in total. The van der Waals surface area contributed by atoms with E-state index in [4.69, 9.17) is 0 Å². The lowest BCUT2D eigenvalue weighted by molar-refractivity contribution is -0.125. The van der Waals surface area contributed by atoms with Crippen LogP contribution in [0.1, 0.15) is 61.0 Å². The molecule has 0 spiro atoms. The number of aliphatic hydroxyl groups is 1. The van der Waals surface area contributed by atoms with Gasteiger partial charge in [-0.15, -0.1) is 0 Å². The highest BCUT2D eigenvalue weighted by Gasteiger charge is 2.48. The largest absolute Gasteiger partial charge is 0.506 e. The Morgan fingerprint density at radius 2 is 1.80 bits per heavy atom. The molecule has 1 atom stereocenters. The molecule has 6 heteroatoms. The summed E-state index contributed by atoms with van der Waals surface area (Å²) in [4.78, 5) is 23.8. The van der Waals surface area contributed by atoms with Crippen LogP contribution in [0.5, 0.6) is 0 Å². The summed E-state index contributed by atoms with van der Waals surface area (Å²) in [6, 6.07) is 4.41. The van der Waals surface area contributed by atoms with Crippen molar-refractivity contribution in [3.05, 3.63) is 40.5 Å². The maximum absolute atomic E-state index is 13.1. The monoisotopic (exact) mass is 354 g/mol. The number of alkyl halides is 3. The third kappa shape index (κ3) is 3.94. The lowest BCUT2D eigenvalue weighted by Crippen LogP contribution is -2.32. The van der Waals surface area contributed by atoms with Crippen LogP contribution in [0.15, 0.2) is 23.8 Å². The Hall–Kier alpha value is -2.11. The Morgan fingerprint density at radius 3 is 2.40 bits per heavy atom. The van der Waals surface area contributed by atoms with Crippen LogP contribution in [0, 0.1) is 5.92 Å². The lowest BCUT2D eigenvalue weighted by Gasteiger charge is -2.23. The molecular weight excluding hydrogens is 333 g/mol. The van der Waals surface area contributed by atoms with Crippen molar-refractivity contribution in [3.63, 3.8) is 0 Å². The molecule has 0 bridgehead atoms. The number of ketones is 2. The normalized spacial score (nSPS) is 16.2. The predicted octanol–water partition coefficient (Wildman–Crippen LogP) is 5.04. The van der Waals surface area contributed by atoms with Gasteiger partial charge in [-0.3, -0.25) is 9.59 Å². The first-order valence-electron chi connectivity index (χ1n) is 8.40. The van der Waals surface area contributed by atoms with Crippen molar-refractivity contribution in [2.75, 3.05) is 0 Å². The molecule has 1 unspecified atom stereocenters. The van der Waals surface area contributed by atoms with Crippen LogP contribution < -0.4 is 0 Å². The van der Waals surface area contributed by atoms with E-state index in [1.54, 1.807) is 6.07 Å². The maximum Gasteiger partial charge on any atom is 0.423 e. The number of aliphatic hydroxyl groups excluding tert-OH is 1. The minimum absolute atomic E-state index is 0.151. The van der Waals surface area contributed by atoms with Crippen molar-refractivity contribution in [2.45, 2.75) is 52.1 Å². The van der Waals surface area contributed by atoms with Gasteiger partial charge in [0.05, 0.1) is 0 Å². The third-order valence-corrected chi connectivity index (χ3v) is 4.45. The van der Waals surface area contributed by atoms with Crippen molar-refractivity contribution in [3.8, 4) is 0 Å². The van der Waals surface area contributed by atoms with Gasteiger partial charge in [-0.25, -0.2) is 0 Å².